The van der Waals surface area contributed by atoms with Gasteiger partial charge in [0.15, 0.2) is 0 Å². The Kier molecular flexibility index (Phi) is 6.85. The predicted octanol–water partition coefficient (Wildman–Crippen LogP) is 3.18. The number of aliphatic carboxylic acids is 1. The highest BCUT2D eigenvalue weighted by atomic mass is 19.4. The van der Waals surface area contributed by atoms with Crippen LogP contribution in [0, 0.1) is 0 Å². The van der Waals surface area contributed by atoms with Crippen LogP contribution in [-0.2, 0) is 4.79 Å². The first-order valence-corrected chi connectivity index (χ1v) is 10.2. The summed E-state index contributed by atoms with van der Waals surface area (Å²) >= 11 is 0. The number of carboxylic acid groups (broad SMARTS) is 1. The number of nitrogens with two attached hydrogens (primary N) is 1. The van der Waals surface area contributed by atoms with Gasteiger partial charge in [-0.15, -0.1) is 0 Å². The molecule has 0 bridgehead atoms. The normalized spacial score (nSPS) is 11.1. The lowest BCUT2D eigenvalue weighted by atomic mass is 9.93. The monoisotopic (exact) mass is 471 g/mol. The Morgan fingerprint density at radius 1 is 1.00 bits per heavy atom. The number of nitrogen functional groups attached to an aromatic ring is 1. The Morgan fingerprint density at radius 3 is 2.15 bits per heavy atom. The molecule has 0 amide bonds. The zero-order chi connectivity index (χ0) is 25.2. The third-order valence-corrected chi connectivity index (χ3v) is 5.15. The summed E-state index contributed by atoms with van der Waals surface area (Å²) in [5, 5.41) is 11.0. The summed E-state index contributed by atoms with van der Waals surface area (Å²) in [5.41, 5.74) is 12.0. The zero-order valence-electron chi connectivity index (χ0n) is 19.1. The van der Waals surface area contributed by atoms with Crippen LogP contribution >= 0.6 is 0 Å². The Bertz CT molecular complexity index is 1370. The molecule has 4 rings (SSSR count). The second-order valence-electron chi connectivity index (χ2n) is 8.03. The molecule has 0 atom stereocenters. The van der Waals surface area contributed by atoms with Gasteiger partial charge < -0.3 is 25.0 Å². The van der Waals surface area contributed by atoms with E-state index in [1.807, 2.05) is 40.3 Å². The van der Waals surface area contributed by atoms with E-state index in [0.29, 0.717) is 0 Å². The fourth-order valence-electron chi connectivity index (χ4n) is 3.38. The van der Waals surface area contributed by atoms with Crippen molar-refractivity contribution < 1.29 is 27.5 Å². The summed E-state index contributed by atoms with van der Waals surface area (Å²) in [5.74, 6) is -2.14. The molecule has 2 aromatic rings. The standard InChI is InChI=1S/C23H23N3O.C2HF3O2/c1-25(2)17-9-11-19-21(13-17)27-22-14-18(26(3)4)10-12-20(22)23(19)15-5-7-16(24)8-6-15;3-2(4,5)1(6)7/h5-14,24H,1-4H3;(H,6,7). The predicted molar refractivity (Wildman–Crippen MR) is 125 cm³/mol. The minimum atomic E-state index is -5.19. The number of hydrogen-bond donors (Lipinski definition) is 1. The third kappa shape index (κ3) is 5.31. The van der Waals surface area contributed by atoms with Crippen LogP contribution in [0.25, 0.3) is 33.4 Å². The molecule has 2 aromatic carbocycles. The Balaban J connectivity index is 0.000000406. The fourth-order valence-corrected chi connectivity index (χ4v) is 3.38. The molecule has 6 nitrogen and oxygen atoms in total. The van der Waals surface area contributed by atoms with Crippen LogP contribution in [0.5, 0.6) is 0 Å². The fraction of sp³-hybridized carbons (Fsp3) is 0.200. The summed E-state index contributed by atoms with van der Waals surface area (Å²) in [7, 11) is 8.14. The molecular weight excluding hydrogens is 447 g/mol. The van der Waals surface area contributed by atoms with Crippen molar-refractivity contribution in [3.8, 4) is 22.5 Å². The van der Waals surface area contributed by atoms with Crippen molar-refractivity contribution in [2.75, 3.05) is 38.8 Å². The highest BCUT2D eigenvalue weighted by Gasteiger charge is 2.28. The van der Waals surface area contributed by atoms with E-state index < -0.39 is 12.1 Å². The Labute approximate surface area is 194 Å². The largest absolute Gasteiger partial charge is 0.542 e. The molecule has 1 heterocycles. The van der Waals surface area contributed by atoms with Gasteiger partial charge in [0, 0.05) is 54.1 Å². The molecule has 2 aliphatic rings. The van der Waals surface area contributed by atoms with Crippen molar-refractivity contribution in [2.45, 2.75) is 6.18 Å². The molecule has 0 radical (unpaired) electrons. The quantitative estimate of drug-likeness (QED) is 0.276. The molecule has 0 saturated heterocycles. The van der Waals surface area contributed by atoms with E-state index in [9.17, 15) is 13.2 Å². The molecule has 1 aliphatic carbocycles. The van der Waals surface area contributed by atoms with E-state index in [4.69, 9.17) is 20.1 Å². The number of carbonyl (C=O) groups excluding carboxylic acids is 1. The summed E-state index contributed by atoms with van der Waals surface area (Å²) in [6.07, 6.45) is -5.19. The number of nitrogens with zero attached hydrogens (tertiary/aromatic N) is 2. The molecular formula is C25H24F3N3O3. The van der Waals surface area contributed by atoms with E-state index >= 15 is 0 Å². The Morgan fingerprint density at radius 2 is 1.62 bits per heavy atom. The molecule has 0 saturated carbocycles. The lowest BCUT2D eigenvalue weighted by Crippen LogP contribution is -2.37. The van der Waals surface area contributed by atoms with Crippen LogP contribution in [-0.4, -0.2) is 40.3 Å². The highest BCUT2D eigenvalue weighted by Crippen LogP contribution is 2.40. The summed E-state index contributed by atoms with van der Waals surface area (Å²) in [4.78, 5) is 10.9. The van der Waals surface area contributed by atoms with Gasteiger partial charge in [-0.3, -0.25) is 0 Å². The number of alkyl halides is 3. The minimum absolute atomic E-state index is 0.762. The zero-order valence-corrected chi connectivity index (χ0v) is 19.1. The van der Waals surface area contributed by atoms with Crippen LogP contribution in [0.2, 0.25) is 0 Å². The van der Waals surface area contributed by atoms with Crippen molar-refractivity contribution in [3.05, 3.63) is 66.0 Å². The van der Waals surface area contributed by atoms with Gasteiger partial charge in [-0.05, 0) is 35.9 Å². The van der Waals surface area contributed by atoms with Gasteiger partial charge in [0.2, 0.25) is 5.36 Å². The van der Waals surface area contributed by atoms with Crippen molar-refractivity contribution in [2.24, 2.45) is 0 Å². The number of anilines is 2. The van der Waals surface area contributed by atoms with Crippen LogP contribution in [0.1, 0.15) is 0 Å². The average molecular weight is 471 g/mol. The van der Waals surface area contributed by atoms with Gasteiger partial charge in [0.05, 0.1) is 6.07 Å². The molecule has 0 unspecified atom stereocenters. The second kappa shape index (κ2) is 9.46. The maximum atomic E-state index is 10.5. The smallest absolute Gasteiger partial charge is 0.430 e. The van der Waals surface area contributed by atoms with Gasteiger partial charge in [0.25, 0.3) is 0 Å². The van der Waals surface area contributed by atoms with Crippen LogP contribution in [0.3, 0.4) is 0 Å². The van der Waals surface area contributed by atoms with Crippen LogP contribution in [0.4, 0.5) is 24.5 Å². The summed E-state index contributed by atoms with van der Waals surface area (Å²) in [6, 6.07) is 20.7. The molecule has 0 aromatic heterocycles. The number of halogens is 3. The van der Waals surface area contributed by atoms with Crippen LogP contribution < -0.4 is 25.7 Å². The maximum absolute atomic E-state index is 10.5. The number of rotatable bonds is 2. The maximum Gasteiger partial charge on any atom is 0.430 e. The third-order valence-electron chi connectivity index (χ3n) is 5.15. The van der Waals surface area contributed by atoms with Gasteiger partial charge in [0.1, 0.15) is 31.4 Å². The molecule has 2 N–H and O–H groups in total. The van der Waals surface area contributed by atoms with E-state index in [2.05, 4.69) is 58.0 Å². The first kappa shape index (κ1) is 24.6. The first-order valence-electron chi connectivity index (χ1n) is 10.2. The van der Waals surface area contributed by atoms with Crippen LogP contribution in [0.15, 0.2) is 65.1 Å². The number of carbonyl (C=O) groups is 1. The van der Waals surface area contributed by atoms with E-state index in [1.54, 1.807) is 0 Å². The molecule has 9 heteroatoms. The van der Waals surface area contributed by atoms with Gasteiger partial charge in [-0.25, -0.2) is 4.58 Å². The van der Waals surface area contributed by atoms with Gasteiger partial charge in [-0.1, -0.05) is 12.1 Å². The summed E-state index contributed by atoms with van der Waals surface area (Å²) in [6.45, 7) is 0. The number of benzene rings is 3. The second-order valence-corrected chi connectivity index (χ2v) is 8.03. The molecule has 0 fully saturated rings. The van der Waals surface area contributed by atoms with Crippen molar-refractivity contribution in [1.82, 2.24) is 4.58 Å². The topological polar surface area (TPSA) is 85.5 Å². The van der Waals surface area contributed by atoms with E-state index in [0.717, 1.165) is 44.6 Å². The first-order chi connectivity index (χ1) is 15.9. The van der Waals surface area contributed by atoms with Crippen molar-refractivity contribution >= 4 is 28.3 Å². The average Bonchev–Trinajstić information content (AvgIpc) is 2.77. The Hall–Kier alpha value is -4.01. The van der Waals surface area contributed by atoms with E-state index in [1.165, 1.54) is 5.56 Å². The number of fused-ring (bicyclic) bond motifs is 2. The SMILES string of the molecule is CN(C)c1ccc2c(-c3ccc(N)cc3)c3ccc(=[N+](C)C)cc-3oc2c1.O=C([O-])C(F)(F)F. The number of hydrogen-bond acceptors (Lipinski definition) is 5. The van der Waals surface area contributed by atoms with Gasteiger partial charge >= 0.3 is 6.18 Å². The number of carboxylic acids is 1. The molecule has 0 spiro atoms. The van der Waals surface area contributed by atoms with Crippen molar-refractivity contribution in [3.63, 3.8) is 0 Å². The van der Waals surface area contributed by atoms with Crippen molar-refractivity contribution in [1.29, 1.82) is 0 Å². The molecule has 34 heavy (non-hydrogen) atoms. The van der Waals surface area contributed by atoms with E-state index in [-0.39, 0.29) is 0 Å². The summed E-state index contributed by atoms with van der Waals surface area (Å²) < 4.78 is 40.0. The molecule has 1 aliphatic heterocycles. The lowest BCUT2D eigenvalue weighted by molar-refractivity contribution is -0.344. The highest BCUT2D eigenvalue weighted by molar-refractivity contribution is 6.02. The minimum Gasteiger partial charge on any atom is -0.542 e. The molecule has 178 valence electrons. The lowest BCUT2D eigenvalue weighted by Gasteiger charge is -2.18. The van der Waals surface area contributed by atoms with Gasteiger partial charge in [-0.2, -0.15) is 13.2 Å².